The van der Waals surface area contributed by atoms with E-state index >= 15 is 0 Å². The molecule has 0 aliphatic heterocycles. The topological polar surface area (TPSA) is 105 Å². The quantitative estimate of drug-likeness (QED) is 0.0510. The minimum Gasteiger partial charge on any atom is -0.756 e. The number of hydrogen-bond acceptors (Lipinski definition) is 5. The van der Waals surface area contributed by atoms with Gasteiger partial charge in [0.15, 0.2) is 5.11 Å². The molecule has 0 aromatic heterocycles. The van der Waals surface area contributed by atoms with Crippen LogP contribution in [0.3, 0.4) is 0 Å². The summed E-state index contributed by atoms with van der Waals surface area (Å²) in [6, 6.07) is 0. The lowest BCUT2D eigenvalue weighted by Gasteiger charge is -2.25. The van der Waals surface area contributed by atoms with Crippen molar-refractivity contribution in [3.63, 3.8) is 0 Å². The summed E-state index contributed by atoms with van der Waals surface area (Å²) in [6.07, 6.45) is 25.2. The molecule has 0 saturated heterocycles. The number of thiocarbonyl (C=S) groups is 1. The Morgan fingerprint density at radius 1 is 0.821 bits per heavy atom. The highest BCUT2D eigenvalue weighted by molar-refractivity contribution is 7.80. The fourth-order valence-electron chi connectivity index (χ4n) is 4.23. The van der Waals surface area contributed by atoms with E-state index in [1.165, 1.54) is 116 Å². The molecule has 0 heterocycles. The van der Waals surface area contributed by atoms with Crippen LogP contribution in [0.2, 0.25) is 0 Å². The molecule has 8 nitrogen and oxygen atoms in total. The number of nitrogens with zero attached hydrogens (tertiary/aromatic N) is 2. The fraction of sp³-hybridized carbons (Fsp3) is 0.966. The van der Waals surface area contributed by atoms with Gasteiger partial charge in [-0.2, -0.15) is 0 Å². The third-order valence-corrected chi connectivity index (χ3v) is 7.64. The van der Waals surface area contributed by atoms with E-state index in [2.05, 4.69) is 21.7 Å². The second-order valence-electron chi connectivity index (χ2n) is 11.6. The maximum Gasteiger partial charge on any atom is 0.265 e. The van der Waals surface area contributed by atoms with Gasteiger partial charge in [-0.25, -0.2) is 0 Å². The average Bonchev–Trinajstić information content (AvgIpc) is 2.85. The van der Waals surface area contributed by atoms with Crippen molar-refractivity contribution in [2.45, 2.75) is 122 Å². The number of quaternary nitrogens is 1. The van der Waals surface area contributed by atoms with Crippen LogP contribution in [-0.4, -0.2) is 85.5 Å². The van der Waals surface area contributed by atoms with Crippen LogP contribution in [0, 0.1) is 0 Å². The lowest BCUT2D eigenvalue weighted by Crippen LogP contribution is -2.40. The number of likely N-dealkylation sites (N-methyl/N-ethyl adjacent to an activating group) is 1. The summed E-state index contributed by atoms with van der Waals surface area (Å²) in [5.41, 5.74) is 0. The third-order valence-electron chi connectivity index (χ3n) is 6.67. The van der Waals surface area contributed by atoms with Crippen LogP contribution in [0.15, 0.2) is 0 Å². The monoisotopic (exact) mass is 597 g/mol. The Balaban J connectivity index is 0. The molecule has 1 unspecified atom stereocenters. The van der Waals surface area contributed by atoms with E-state index in [0.717, 1.165) is 11.7 Å². The molecule has 0 bridgehead atoms. The van der Waals surface area contributed by atoms with Crippen molar-refractivity contribution in [2.24, 2.45) is 0 Å². The number of rotatable bonds is 25. The molecule has 0 amide bonds. The third kappa shape index (κ3) is 35.7. The summed E-state index contributed by atoms with van der Waals surface area (Å²) in [5.74, 6) is 0. The first-order valence-corrected chi connectivity index (χ1v) is 17.4. The number of phosphoric ester groups is 1. The Bertz CT molecular complexity index is 588. The molecule has 3 N–H and O–H groups in total. The molecule has 0 spiro atoms. The van der Waals surface area contributed by atoms with E-state index in [1.54, 1.807) is 0 Å². The van der Waals surface area contributed by atoms with Crippen LogP contribution in [0.5, 0.6) is 0 Å². The molecule has 0 aliphatic rings. The van der Waals surface area contributed by atoms with Gasteiger partial charge in [-0.15, -0.1) is 0 Å². The van der Waals surface area contributed by atoms with Crippen LogP contribution in [0.4, 0.5) is 0 Å². The molecule has 0 saturated carbocycles. The second kappa shape index (κ2) is 27.9. The van der Waals surface area contributed by atoms with Crippen molar-refractivity contribution >= 4 is 25.2 Å². The highest BCUT2D eigenvalue weighted by atomic mass is 32.1. The molecule has 39 heavy (non-hydrogen) atoms. The van der Waals surface area contributed by atoms with Crippen LogP contribution in [0.25, 0.3) is 0 Å². The van der Waals surface area contributed by atoms with Crippen LogP contribution < -0.4 is 10.2 Å². The lowest BCUT2D eigenvalue weighted by atomic mass is 10.0. The summed E-state index contributed by atoms with van der Waals surface area (Å²) in [7, 11) is 3.04. The van der Waals surface area contributed by atoms with E-state index in [-0.39, 0.29) is 13.2 Å². The van der Waals surface area contributed by atoms with Gasteiger partial charge in [-0.3, -0.25) is 4.57 Å². The van der Waals surface area contributed by atoms with E-state index in [1.807, 2.05) is 28.2 Å². The average molecular weight is 598 g/mol. The van der Waals surface area contributed by atoms with Crippen LogP contribution >= 0.6 is 20.0 Å². The van der Waals surface area contributed by atoms with Gasteiger partial charge >= 0.3 is 0 Å². The lowest BCUT2D eigenvalue weighted by molar-refractivity contribution is -0.870. The first-order valence-electron chi connectivity index (χ1n) is 15.5. The summed E-state index contributed by atoms with van der Waals surface area (Å²) in [6.45, 7) is 4.60. The SMILES string of the molecule is CCCCCCCCCCCCCCCCCCCCN(CCO)C(=S)NC.C[N+](C)(C)CCOP(=O)([O-])O. The molecule has 10 heteroatoms. The predicted octanol–water partition coefficient (Wildman–Crippen LogP) is 6.00. The largest absolute Gasteiger partial charge is 0.756 e. The van der Waals surface area contributed by atoms with E-state index in [0.29, 0.717) is 17.6 Å². The predicted molar refractivity (Wildman–Crippen MR) is 168 cm³/mol. The van der Waals surface area contributed by atoms with Crippen molar-refractivity contribution in [1.29, 1.82) is 0 Å². The number of aliphatic hydroxyl groups excluding tert-OH is 1. The van der Waals surface area contributed by atoms with Gasteiger partial charge in [0.25, 0.3) is 7.82 Å². The maximum absolute atomic E-state index is 10.1. The van der Waals surface area contributed by atoms with Gasteiger partial charge in [0.05, 0.1) is 27.7 Å². The molecule has 0 aromatic carbocycles. The normalized spacial score (nSPS) is 12.9. The summed E-state index contributed by atoms with van der Waals surface area (Å²) < 4.78 is 14.8. The Kier molecular flexibility index (Phi) is 29.2. The number of phosphoric acid groups is 1. The Morgan fingerprint density at radius 2 is 1.21 bits per heavy atom. The molecular weight excluding hydrogens is 533 g/mol. The van der Waals surface area contributed by atoms with Crippen molar-refractivity contribution in [3.8, 4) is 0 Å². The molecule has 0 aromatic rings. The summed E-state index contributed by atoms with van der Waals surface area (Å²) >= 11 is 5.26. The Morgan fingerprint density at radius 3 is 1.51 bits per heavy atom. The van der Waals surface area contributed by atoms with Crippen molar-refractivity contribution < 1.29 is 28.5 Å². The van der Waals surface area contributed by atoms with E-state index in [4.69, 9.17) is 22.2 Å². The van der Waals surface area contributed by atoms with Crippen molar-refractivity contribution in [3.05, 3.63) is 0 Å². The molecule has 0 aliphatic carbocycles. The molecular formula is C29H64N3O5PS. The maximum atomic E-state index is 10.1. The van der Waals surface area contributed by atoms with E-state index in [9.17, 15) is 9.46 Å². The molecule has 1 atom stereocenters. The zero-order chi connectivity index (χ0) is 29.8. The first kappa shape index (κ1) is 40.9. The fourth-order valence-corrected chi connectivity index (χ4v) is 4.72. The number of hydrogen-bond donors (Lipinski definition) is 3. The van der Waals surface area contributed by atoms with Crippen molar-refractivity contribution in [2.75, 3.05) is 61.0 Å². The van der Waals surface area contributed by atoms with Crippen LogP contribution in [-0.2, 0) is 9.09 Å². The van der Waals surface area contributed by atoms with E-state index < -0.39 is 7.82 Å². The van der Waals surface area contributed by atoms with Gasteiger partial charge < -0.3 is 34.1 Å². The summed E-state index contributed by atoms with van der Waals surface area (Å²) in [5, 5.41) is 12.9. The Hall–Kier alpha value is -0.280. The van der Waals surface area contributed by atoms with Crippen LogP contribution in [0.1, 0.15) is 122 Å². The Labute approximate surface area is 247 Å². The van der Waals surface area contributed by atoms with Crippen molar-refractivity contribution in [1.82, 2.24) is 10.2 Å². The van der Waals surface area contributed by atoms with Gasteiger partial charge in [-0.1, -0.05) is 116 Å². The zero-order valence-electron chi connectivity index (χ0n) is 26.1. The number of unbranched alkanes of at least 4 members (excludes halogenated alkanes) is 17. The van der Waals surface area contributed by atoms with Gasteiger partial charge in [0.1, 0.15) is 13.2 Å². The van der Waals surface area contributed by atoms with Gasteiger partial charge in [0.2, 0.25) is 0 Å². The van der Waals surface area contributed by atoms with Gasteiger partial charge in [0, 0.05) is 20.1 Å². The number of nitrogens with one attached hydrogen (secondary N) is 1. The molecule has 0 radical (unpaired) electrons. The number of aliphatic hydroxyl groups is 1. The molecule has 0 fully saturated rings. The zero-order valence-corrected chi connectivity index (χ0v) is 27.8. The first-order chi connectivity index (χ1) is 18.5. The smallest absolute Gasteiger partial charge is 0.265 e. The molecule has 236 valence electrons. The highest BCUT2D eigenvalue weighted by Gasteiger charge is 2.09. The minimum absolute atomic E-state index is 0.0147. The van der Waals surface area contributed by atoms with Gasteiger partial charge in [-0.05, 0) is 18.6 Å². The highest BCUT2D eigenvalue weighted by Crippen LogP contribution is 2.29. The second-order valence-corrected chi connectivity index (χ2v) is 13.2. The summed E-state index contributed by atoms with van der Waals surface area (Å²) in [4.78, 5) is 20.3. The minimum atomic E-state index is -4.51. The standard InChI is InChI=1S/C24H50N2OS.C5H14NO4P/c1-3-4-5-6-7-8-9-10-11-12-13-14-15-16-17-18-19-20-21-26(22-23-27)24(28)25-2;1-6(2,3)4-5-10-11(7,8)9/h27H,3-23H2,1-2H3,(H,25,28);4-5H2,1-3H3,(H-,7,8,9). The molecule has 0 rings (SSSR count).